The fraction of sp³-hybridized carbons (Fsp3) is 0.133. The van der Waals surface area contributed by atoms with Gasteiger partial charge in [0.25, 0.3) is 0 Å². The van der Waals surface area contributed by atoms with Crippen LogP contribution in [0.1, 0.15) is 11.4 Å². The maximum absolute atomic E-state index is 6.03. The van der Waals surface area contributed by atoms with Crippen molar-refractivity contribution in [3.8, 4) is 0 Å². The number of nitrogens with zero attached hydrogens (tertiary/aromatic N) is 2. The summed E-state index contributed by atoms with van der Waals surface area (Å²) in [5.74, 6) is 0. The highest BCUT2D eigenvalue weighted by atomic mass is 79.9. The zero-order chi connectivity index (χ0) is 13.4. The molecule has 3 rings (SSSR count). The summed E-state index contributed by atoms with van der Waals surface area (Å²) >= 11 is 3.58. The van der Waals surface area contributed by atoms with Crippen LogP contribution < -0.4 is 5.73 Å². The minimum absolute atomic E-state index is 0.743. The second-order valence-corrected chi connectivity index (χ2v) is 5.47. The van der Waals surface area contributed by atoms with E-state index in [2.05, 4.69) is 37.7 Å². The van der Waals surface area contributed by atoms with E-state index < -0.39 is 0 Å². The summed E-state index contributed by atoms with van der Waals surface area (Å²) in [6.45, 7) is 2.75. The maximum Gasteiger partial charge on any atom is 0.0649 e. The van der Waals surface area contributed by atoms with Gasteiger partial charge in [0.05, 0.1) is 17.8 Å². The van der Waals surface area contributed by atoms with Gasteiger partial charge in [0, 0.05) is 27.4 Å². The van der Waals surface area contributed by atoms with Crippen LogP contribution in [-0.2, 0) is 6.54 Å². The average Bonchev–Trinajstić information content (AvgIpc) is 2.68. The predicted octanol–water partition coefficient (Wildman–Crippen LogP) is 3.74. The molecule has 2 heterocycles. The van der Waals surface area contributed by atoms with E-state index in [9.17, 15) is 0 Å². The molecule has 2 N–H and O–H groups in total. The molecule has 0 unspecified atom stereocenters. The van der Waals surface area contributed by atoms with Gasteiger partial charge in [-0.05, 0) is 47.1 Å². The van der Waals surface area contributed by atoms with Gasteiger partial charge in [0.1, 0.15) is 0 Å². The Morgan fingerprint density at radius 2 is 2.00 bits per heavy atom. The van der Waals surface area contributed by atoms with Crippen LogP contribution in [0.3, 0.4) is 0 Å². The molecule has 19 heavy (non-hydrogen) atoms. The molecule has 0 saturated carbocycles. The number of anilines is 1. The van der Waals surface area contributed by atoms with Gasteiger partial charge in [-0.25, -0.2) is 0 Å². The highest BCUT2D eigenvalue weighted by Crippen LogP contribution is 2.31. The Hall–Kier alpha value is -1.81. The summed E-state index contributed by atoms with van der Waals surface area (Å²) in [4.78, 5) is 4.54. The molecule has 1 aromatic carbocycles. The lowest BCUT2D eigenvalue weighted by molar-refractivity contribution is 0.801. The van der Waals surface area contributed by atoms with E-state index in [0.29, 0.717) is 0 Å². The minimum atomic E-state index is 0.743. The molecule has 0 atom stereocenters. The van der Waals surface area contributed by atoms with Crippen LogP contribution in [0.4, 0.5) is 5.69 Å². The van der Waals surface area contributed by atoms with Crippen LogP contribution in [-0.4, -0.2) is 9.55 Å². The van der Waals surface area contributed by atoms with E-state index in [-0.39, 0.29) is 0 Å². The Morgan fingerprint density at radius 1 is 1.21 bits per heavy atom. The third kappa shape index (κ3) is 2.24. The highest BCUT2D eigenvalue weighted by Gasteiger charge is 2.09. The van der Waals surface area contributed by atoms with Crippen molar-refractivity contribution in [3.63, 3.8) is 0 Å². The van der Waals surface area contributed by atoms with Crippen LogP contribution in [0.15, 0.2) is 47.1 Å². The summed E-state index contributed by atoms with van der Waals surface area (Å²) in [6, 6.07) is 12.1. The lowest BCUT2D eigenvalue weighted by Crippen LogP contribution is -2.01. The lowest BCUT2D eigenvalue weighted by Gasteiger charge is -2.06. The van der Waals surface area contributed by atoms with E-state index in [0.717, 1.165) is 39.0 Å². The average molecular weight is 316 g/mol. The first-order valence-corrected chi connectivity index (χ1v) is 6.90. The maximum atomic E-state index is 6.03. The molecule has 0 aliphatic rings. The van der Waals surface area contributed by atoms with Crippen molar-refractivity contribution in [1.82, 2.24) is 9.55 Å². The Bertz CT molecular complexity index is 746. The molecule has 0 fully saturated rings. The zero-order valence-electron chi connectivity index (χ0n) is 10.6. The predicted molar refractivity (Wildman–Crippen MR) is 82.1 cm³/mol. The molecule has 3 nitrogen and oxygen atoms in total. The van der Waals surface area contributed by atoms with Gasteiger partial charge in [-0.1, -0.05) is 12.1 Å². The Morgan fingerprint density at radius 3 is 2.79 bits per heavy atom. The molecular formula is C15H14BrN3. The molecule has 96 valence electrons. The van der Waals surface area contributed by atoms with Crippen LogP contribution in [0.2, 0.25) is 0 Å². The summed E-state index contributed by atoms with van der Waals surface area (Å²) in [7, 11) is 0. The zero-order valence-corrected chi connectivity index (χ0v) is 12.2. The molecule has 3 aromatic rings. The number of nitrogens with two attached hydrogens (primary N) is 1. The van der Waals surface area contributed by atoms with Crippen LogP contribution in [0.5, 0.6) is 0 Å². The van der Waals surface area contributed by atoms with Crippen molar-refractivity contribution in [3.05, 3.63) is 58.5 Å². The van der Waals surface area contributed by atoms with Crippen molar-refractivity contribution in [2.45, 2.75) is 13.5 Å². The summed E-state index contributed by atoms with van der Waals surface area (Å²) in [5, 5.41) is 1.06. The number of aromatic nitrogens is 2. The topological polar surface area (TPSA) is 43.8 Å². The molecule has 0 saturated heterocycles. The number of rotatable bonds is 2. The van der Waals surface area contributed by atoms with Gasteiger partial charge in [0.15, 0.2) is 0 Å². The highest BCUT2D eigenvalue weighted by molar-refractivity contribution is 9.10. The van der Waals surface area contributed by atoms with E-state index in [4.69, 9.17) is 5.73 Å². The van der Waals surface area contributed by atoms with Crippen molar-refractivity contribution >= 4 is 32.5 Å². The normalized spacial score (nSPS) is 11.1. The fourth-order valence-electron chi connectivity index (χ4n) is 2.32. The largest absolute Gasteiger partial charge is 0.398 e. The Balaban J connectivity index is 2.09. The van der Waals surface area contributed by atoms with Crippen molar-refractivity contribution < 1.29 is 0 Å². The van der Waals surface area contributed by atoms with Crippen molar-refractivity contribution in [2.75, 3.05) is 5.73 Å². The second kappa shape index (κ2) is 4.70. The minimum Gasteiger partial charge on any atom is -0.398 e. The van der Waals surface area contributed by atoms with Crippen LogP contribution >= 0.6 is 15.9 Å². The fourth-order valence-corrected chi connectivity index (χ4v) is 3.00. The number of hydrogen-bond donors (Lipinski definition) is 1. The quantitative estimate of drug-likeness (QED) is 0.732. The third-order valence-electron chi connectivity index (χ3n) is 3.17. The number of halogens is 1. The number of benzene rings is 1. The molecule has 4 heteroatoms. The second-order valence-electron chi connectivity index (χ2n) is 4.62. The van der Waals surface area contributed by atoms with Gasteiger partial charge in [-0.3, -0.25) is 4.98 Å². The van der Waals surface area contributed by atoms with Crippen LogP contribution in [0, 0.1) is 6.92 Å². The smallest absolute Gasteiger partial charge is 0.0649 e. The summed E-state index contributed by atoms with van der Waals surface area (Å²) in [6.07, 6.45) is 2.06. The first kappa shape index (κ1) is 12.2. The molecule has 2 aromatic heterocycles. The van der Waals surface area contributed by atoms with Gasteiger partial charge in [-0.2, -0.15) is 0 Å². The lowest BCUT2D eigenvalue weighted by atomic mass is 10.2. The van der Waals surface area contributed by atoms with E-state index in [1.54, 1.807) is 0 Å². The van der Waals surface area contributed by atoms with Gasteiger partial charge in [-0.15, -0.1) is 0 Å². The first-order chi connectivity index (χ1) is 9.15. The molecule has 0 amide bonds. The van der Waals surface area contributed by atoms with Crippen LogP contribution in [0.25, 0.3) is 10.9 Å². The van der Waals surface area contributed by atoms with Gasteiger partial charge in [0.2, 0.25) is 0 Å². The number of aryl methyl sites for hydroxylation is 1. The standard InChI is InChI=1S/C15H14BrN3/c1-10-4-2-5-11(18-10)8-19-9-12(16)15-13(17)6-3-7-14(15)19/h2-7,9H,8,17H2,1H3. The van der Waals surface area contributed by atoms with Crippen molar-refractivity contribution in [2.24, 2.45) is 0 Å². The van der Waals surface area contributed by atoms with E-state index >= 15 is 0 Å². The Labute approximate surface area is 120 Å². The molecule has 0 aliphatic carbocycles. The van der Waals surface area contributed by atoms with E-state index in [1.165, 1.54) is 0 Å². The molecule has 0 radical (unpaired) electrons. The van der Waals surface area contributed by atoms with Crippen molar-refractivity contribution in [1.29, 1.82) is 0 Å². The molecule has 0 aliphatic heterocycles. The monoisotopic (exact) mass is 315 g/mol. The molecular weight excluding hydrogens is 302 g/mol. The molecule has 0 spiro atoms. The van der Waals surface area contributed by atoms with Gasteiger partial charge < -0.3 is 10.3 Å². The number of nitrogen functional groups attached to an aromatic ring is 1. The summed E-state index contributed by atoms with van der Waals surface area (Å²) < 4.78 is 3.19. The first-order valence-electron chi connectivity index (χ1n) is 6.10. The summed E-state index contributed by atoms with van der Waals surface area (Å²) in [5.41, 5.74) is 10.0. The number of fused-ring (bicyclic) bond motifs is 1. The number of pyridine rings is 1. The van der Waals surface area contributed by atoms with Gasteiger partial charge >= 0.3 is 0 Å². The SMILES string of the molecule is Cc1cccc(Cn2cc(Br)c3c(N)cccc32)n1. The van der Waals surface area contributed by atoms with E-state index in [1.807, 2.05) is 37.3 Å². The third-order valence-corrected chi connectivity index (χ3v) is 3.77. The number of hydrogen-bond acceptors (Lipinski definition) is 2. The molecule has 0 bridgehead atoms. The Kier molecular flexibility index (Phi) is 3.03.